The quantitative estimate of drug-likeness (QED) is 0.443. The van der Waals surface area contributed by atoms with Gasteiger partial charge in [-0.25, -0.2) is 9.18 Å². The van der Waals surface area contributed by atoms with Crippen molar-refractivity contribution in [3.05, 3.63) is 63.1 Å². The van der Waals surface area contributed by atoms with Crippen LogP contribution in [0.1, 0.15) is 15.9 Å². The standard InChI is InChI=1S/C18H13FINO2/c1-10-3-5-12(14(19)7-10)17-13-8-11(18(22)23-2)4-6-16(13)21-9-15(17)20/h3-9H,1-2H3. The highest BCUT2D eigenvalue weighted by Gasteiger charge is 2.15. The molecule has 0 bridgehead atoms. The number of aromatic nitrogens is 1. The van der Waals surface area contributed by atoms with Crippen LogP contribution in [0.5, 0.6) is 0 Å². The Balaban J connectivity index is 2.33. The number of aryl methyl sites for hydroxylation is 1. The molecule has 5 heteroatoms. The average Bonchev–Trinajstić information content (AvgIpc) is 2.54. The lowest BCUT2D eigenvalue weighted by Crippen LogP contribution is -2.01. The monoisotopic (exact) mass is 421 g/mol. The van der Waals surface area contributed by atoms with E-state index in [1.54, 1.807) is 30.5 Å². The first-order valence-electron chi connectivity index (χ1n) is 6.94. The predicted molar refractivity (Wildman–Crippen MR) is 95.9 cm³/mol. The summed E-state index contributed by atoms with van der Waals surface area (Å²) in [5.74, 6) is -0.722. The van der Waals surface area contributed by atoms with Crippen molar-refractivity contribution >= 4 is 39.5 Å². The Bertz CT molecular complexity index is 924. The van der Waals surface area contributed by atoms with Crippen molar-refractivity contribution in [2.24, 2.45) is 0 Å². The summed E-state index contributed by atoms with van der Waals surface area (Å²) < 4.78 is 20.0. The summed E-state index contributed by atoms with van der Waals surface area (Å²) in [6.45, 7) is 1.85. The smallest absolute Gasteiger partial charge is 0.337 e. The Hall–Kier alpha value is -2.02. The maximum atomic E-state index is 14.5. The van der Waals surface area contributed by atoms with Crippen molar-refractivity contribution < 1.29 is 13.9 Å². The largest absolute Gasteiger partial charge is 0.465 e. The molecule has 23 heavy (non-hydrogen) atoms. The number of fused-ring (bicyclic) bond motifs is 1. The molecular formula is C18H13FINO2. The van der Waals surface area contributed by atoms with Crippen LogP contribution < -0.4 is 0 Å². The molecule has 0 aliphatic rings. The van der Waals surface area contributed by atoms with E-state index in [2.05, 4.69) is 27.6 Å². The van der Waals surface area contributed by atoms with E-state index >= 15 is 0 Å². The molecule has 0 spiro atoms. The van der Waals surface area contributed by atoms with Crippen molar-refractivity contribution in [1.82, 2.24) is 4.98 Å². The molecule has 2 aromatic carbocycles. The predicted octanol–water partition coefficient (Wildman–Crippen LogP) is 4.74. The van der Waals surface area contributed by atoms with Gasteiger partial charge < -0.3 is 4.74 Å². The van der Waals surface area contributed by atoms with Crippen LogP contribution in [0.4, 0.5) is 4.39 Å². The molecule has 116 valence electrons. The van der Waals surface area contributed by atoms with Gasteiger partial charge in [0.2, 0.25) is 0 Å². The van der Waals surface area contributed by atoms with E-state index in [1.807, 2.05) is 13.0 Å². The summed E-state index contributed by atoms with van der Waals surface area (Å²) in [4.78, 5) is 16.1. The fraction of sp³-hybridized carbons (Fsp3) is 0.111. The molecule has 0 atom stereocenters. The lowest BCUT2D eigenvalue weighted by molar-refractivity contribution is 0.0601. The van der Waals surface area contributed by atoms with Gasteiger partial charge in [0.25, 0.3) is 0 Å². The minimum Gasteiger partial charge on any atom is -0.465 e. The Labute approximate surface area is 146 Å². The van der Waals surface area contributed by atoms with Crippen LogP contribution in [-0.2, 0) is 4.74 Å². The molecule has 0 N–H and O–H groups in total. The van der Waals surface area contributed by atoms with Crippen LogP contribution in [0.2, 0.25) is 0 Å². The third kappa shape index (κ3) is 2.93. The number of nitrogens with zero attached hydrogens (tertiary/aromatic N) is 1. The van der Waals surface area contributed by atoms with Crippen LogP contribution in [0.15, 0.2) is 42.6 Å². The SMILES string of the molecule is COC(=O)c1ccc2ncc(I)c(-c3ccc(C)cc3F)c2c1. The zero-order chi connectivity index (χ0) is 16.6. The van der Waals surface area contributed by atoms with Gasteiger partial charge in [-0.2, -0.15) is 0 Å². The van der Waals surface area contributed by atoms with Crippen molar-refractivity contribution in [3.63, 3.8) is 0 Å². The van der Waals surface area contributed by atoms with Gasteiger partial charge in [0.15, 0.2) is 0 Å². The maximum absolute atomic E-state index is 14.5. The molecular weight excluding hydrogens is 408 g/mol. The van der Waals surface area contributed by atoms with Crippen LogP contribution >= 0.6 is 22.6 Å². The Morgan fingerprint density at radius 1 is 1.22 bits per heavy atom. The molecule has 0 aliphatic carbocycles. The third-order valence-corrected chi connectivity index (χ3v) is 4.45. The van der Waals surface area contributed by atoms with Crippen LogP contribution in [0.3, 0.4) is 0 Å². The van der Waals surface area contributed by atoms with Crippen LogP contribution in [-0.4, -0.2) is 18.1 Å². The Morgan fingerprint density at radius 3 is 2.70 bits per heavy atom. The molecule has 0 amide bonds. The zero-order valence-corrected chi connectivity index (χ0v) is 14.7. The topological polar surface area (TPSA) is 39.2 Å². The summed E-state index contributed by atoms with van der Waals surface area (Å²) in [6, 6.07) is 10.2. The van der Waals surface area contributed by atoms with Crippen LogP contribution in [0.25, 0.3) is 22.0 Å². The first-order valence-corrected chi connectivity index (χ1v) is 8.02. The number of pyridine rings is 1. The number of halogens is 2. The highest BCUT2D eigenvalue weighted by Crippen LogP contribution is 2.34. The number of esters is 1. The highest BCUT2D eigenvalue weighted by atomic mass is 127. The minimum absolute atomic E-state index is 0.293. The van der Waals surface area contributed by atoms with E-state index in [0.717, 1.165) is 20.1 Å². The fourth-order valence-electron chi connectivity index (χ4n) is 2.51. The van der Waals surface area contributed by atoms with E-state index in [-0.39, 0.29) is 5.82 Å². The molecule has 0 fully saturated rings. The van der Waals surface area contributed by atoms with E-state index in [4.69, 9.17) is 4.74 Å². The maximum Gasteiger partial charge on any atom is 0.337 e. The van der Waals surface area contributed by atoms with Crippen LogP contribution in [0, 0.1) is 16.3 Å². The highest BCUT2D eigenvalue weighted by molar-refractivity contribution is 14.1. The molecule has 0 aliphatic heterocycles. The molecule has 0 unspecified atom stereocenters. The average molecular weight is 421 g/mol. The van der Waals surface area contributed by atoms with Gasteiger partial charge in [0.1, 0.15) is 5.82 Å². The van der Waals surface area contributed by atoms with Gasteiger partial charge in [-0.05, 0) is 59.3 Å². The first-order chi connectivity index (χ1) is 11.0. The van der Waals surface area contributed by atoms with Crippen molar-refractivity contribution in [2.75, 3.05) is 7.11 Å². The second kappa shape index (κ2) is 6.23. The molecule has 0 saturated carbocycles. The van der Waals surface area contributed by atoms with Gasteiger partial charge in [-0.15, -0.1) is 0 Å². The van der Waals surface area contributed by atoms with Crippen molar-refractivity contribution in [1.29, 1.82) is 0 Å². The first kappa shape index (κ1) is 15.9. The van der Waals surface area contributed by atoms with Gasteiger partial charge in [-0.3, -0.25) is 4.98 Å². The molecule has 3 aromatic rings. The number of methoxy groups -OCH3 is 1. The molecule has 1 aromatic heterocycles. The summed E-state index contributed by atoms with van der Waals surface area (Å²) in [6.07, 6.45) is 1.70. The number of carbonyl (C=O) groups excluding carboxylic acids is 1. The molecule has 3 rings (SSSR count). The number of benzene rings is 2. The number of hydrogen-bond donors (Lipinski definition) is 0. The Kier molecular flexibility index (Phi) is 4.30. The summed E-state index contributed by atoms with van der Waals surface area (Å²) in [7, 11) is 1.33. The van der Waals surface area contributed by atoms with E-state index in [9.17, 15) is 9.18 Å². The zero-order valence-electron chi connectivity index (χ0n) is 12.6. The van der Waals surface area contributed by atoms with Crippen molar-refractivity contribution in [2.45, 2.75) is 6.92 Å². The van der Waals surface area contributed by atoms with Crippen molar-refractivity contribution in [3.8, 4) is 11.1 Å². The summed E-state index contributed by atoms with van der Waals surface area (Å²) in [5, 5.41) is 0.725. The fourth-order valence-corrected chi connectivity index (χ4v) is 3.23. The second-order valence-electron chi connectivity index (χ2n) is 5.19. The number of carbonyl (C=O) groups is 1. The number of rotatable bonds is 2. The number of ether oxygens (including phenoxy) is 1. The van der Waals surface area contributed by atoms with Gasteiger partial charge in [0.05, 0.1) is 18.2 Å². The van der Waals surface area contributed by atoms with E-state index < -0.39 is 5.97 Å². The van der Waals surface area contributed by atoms with Gasteiger partial charge in [-0.1, -0.05) is 12.1 Å². The van der Waals surface area contributed by atoms with E-state index in [0.29, 0.717) is 16.6 Å². The normalized spacial score (nSPS) is 10.8. The second-order valence-corrected chi connectivity index (χ2v) is 6.35. The third-order valence-electron chi connectivity index (χ3n) is 3.64. The lowest BCUT2D eigenvalue weighted by atomic mass is 9.98. The molecule has 3 nitrogen and oxygen atoms in total. The Morgan fingerprint density at radius 2 is 2.00 bits per heavy atom. The molecule has 0 radical (unpaired) electrons. The van der Waals surface area contributed by atoms with E-state index in [1.165, 1.54) is 13.2 Å². The molecule has 1 heterocycles. The summed E-state index contributed by atoms with van der Waals surface area (Å²) in [5.41, 5.74) is 3.20. The lowest BCUT2D eigenvalue weighted by Gasteiger charge is -2.11. The van der Waals surface area contributed by atoms with Gasteiger partial charge in [0, 0.05) is 26.3 Å². The molecule has 0 saturated heterocycles. The number of hydrogen-bond acceptors (Lipinski definition) is 3. The van der Waals surface area contributed by atoms with Gasteiger partial charge >= 0.3 is 5.97 Å². The summed E-state index contributed by atoms with van der Waals surface area (Å²) >= 11 is 2.13. The minimum atomic E-state index is -0.430.